The van der Waals surface area contributed by atoms with E-state index in [0.29, 0.717) is 12.1 Å². The maximum atomic E-state index is 12.8. The van der Waals surface area contributed by atoms with E-state index in [1.54, 1.807) is 0 Å². The van der Waals surface area contributed by atoms with Crippen LogP contribution in [0.2, 0.25) is 10.0 Å². The zero-order valence-electron chi connectivity index (χ0n) is 11.5. The fraction of sp³-hybridized carbons (Fsp3) is 0.143. The summed E-state index contributed by atoms with van der Waals surface area (Å²) in [5, 5.41) is 2.27. The van der Waals surface area contributed by atoms with Crippen molar-refractivity contribution in [3.63, 3.8) is 0 Å². The second kappa shape index (κ2) is 6.25. The molecule has 0 aromatic heterocycles. The molecular formula is C14H8Cl2F6N2. The number of halogens is 8. The molecule has 10 heteroatoms. The summed E-state index contributed by atoms with van der Waals surface area (Å²) in [5.74, 6) is 0. The Hall–Kier alpha value is -1.80. The molecule has 0 aliphatic rings. The summed E-state index contributed by atoms with van der Waals surface area (Å²) in [6, 6.07) is 3.59. The van der Waals surface area contributed by atoms with Gasteiger partial charge in [0.05, 0.1) is 26.9 Å². The van der Waals surface area contributed by atoms with Gasteiger partial charge < -0.3 is 11.1 Å². The lowest BCUT2D eigenvalue weighted by atomic mass is 10.1. The Kier molecular flexibility index (Phi) is 4.83. The number of anilines is 3. The van der Waals surface area contributed by atoms with E-state index in [9.17, 15) is 26.3 Å². The molecule has 2 aromatic rings. The summed E-state index contributed by atoms with van der Waals surface area (Å²) in [6.45, 7) is 0. The molecule has 2 nitrogen and oxygen atoms in total. The predicted molar refractivity (Wildman–Crippen MR) is 80.6 cm³/mol. The predicted octanol–water partition coefficient (Wildman–Crippen LogP) is 6.36. The number of hydrogen-bond donors (Lipinski definition) is 2. The summed E-state index contributed by atoms with van der Waals surface area (Å²) in [4.78, 5) is 0. The minimum absolute atomic E-state index is 0.0252. The van der Waals surface area contributed by atoms with E-state index in [0.717, 1.165) is 0 Å². The molecule has 0 aliphatic carbocycles. The molecule has 0 bridgehead atoms. The number of nitrogen functional groups attached to an aromatic ring is 1. The first kappa shape index (κ1) is 18.5. The summed E-state index contributed by atoms with van der Waals surface area (Å²) in [5.41, 5.74) is 2.25. The van der Waals surface area contributed by atoms with Gasteiger partial charge in [-0.3, -0.25) is 0 Å². The van der Waals surface area contributed by atoms with Gasteiger partial charge in [0.25, 0.3) is 0 Å². The lowest BCUT2D eigenvalue weighted by molar-refractivity contribution is -0.143. The number of hydrogen-bond acceptors (Lipinski definition) is 2. The normalized spacial score (nSPS) is 12.3. The monoisotopic (exact) mass is 388 g/mol. The van der Waals surface area contributed by atoms with E-state index in [4.69, 9.17) is 28.9 Å². The average Bonchev–Trinajstić information content (AvgIpc) is 2.40. The SMILES string of the molecule is Nc1cc(Cl)c(Nc2cc(C(F)(F)F)cc(C(F)(F)F)c2)c(Cl)c1. The molecule has 0 atom stereocenters. The van der Waals surface area contributed by atoms with Crippen LogP contribution in [-0.2, 0) is 12.4 Å². The highest BCUT2D eigenvalue weighted by Crippen LogP contribution is 2.40. The fourth-order valence-electron chi connectivity index (χ4n) is 1.88. The molecule has 0 unspecified atom stereocenters. The van der Waals surface area contributed by atoms with Crippen LogP contribution in [0, 0.1) is 0 Å². The highest BCUT2D eigenvalue weighted by molar-refractivity contribution is 6.39. The smallest absolute Gasteiger partial charge is 0.399 e. The molecule has 2 rings (SSSR count). The van der Waals surface area contributed by atoms with E-state index >= 15 is 0 Å². The van der Waals surface area contributed by atoms with Crippen LogP contribution >= 0.6 is 23.2 Å². The van der Waals surface area contributed by atoms with Crippen molar-refractivity contribution in [2.75, 3.05) is 11.1 Å². The van der Waals surface area contributed by atoms with Crippen LogP contribution in [0.3, 0.4) is 0 Å². The highest BCUT2D eigenvalue weighted by atomic mass is 35.5. The summed E-state index contributed by atoms with van der Waals surface area (Å²) < 4.78 is 76.9. The Morgan fingerprint density at radius 3 is 1.54 bits per heavy atom. The molecule has 0 aliphatic heterocycles. The van der Waals surface area contributed by atoms with Crippen molar-refractivity contribution in [3.8, 4) is 0 Å². The molecule has 0 fully saturated rings. The van der Waals surface area contributed by atoms with Crippen molar-refractivity contribution in [3.05, 3.63) is 51.5 Å². The van der Waals surface area contributed by atoms with Gasteiger partial charge in [0.1, 0.15) is 0 Å². The molecule has 0 saturated carbocycles. The molecule has 0 heterocycles. The van der Waals surface area contributed by atoms with Crippen molar-refractivity contribution >= 4 is 40.3 Å². The third-order valence-electron chi connectivity index (χ3n) is 2.92. The lowest BCUT2D eigenvalue weighted by Crippen LogP contribution is -2.11. The number of rotatable bonds is 2. The summed E-state index contributed by atoms with van der Waals surface area (Å²) >= 11 is 11.7. The van der Waals surface area contributed by atoms with Crippen LogP contribution in [0.15, 0.2) is 30.3 Å². The van der Waals surface area contributed by atoms with Gasteiger partial charge in [0.2, 0.25) is 0 Å². The van der Waals surface area contributed by atoms with Crippen LogP contribution in [0.1, 0.15) is 11.1 Å². The largest absolute Gasteiger partial charge is 0.416 e. The maximum Gasteiger partial charge on any atom is 0.416 e. The van der Waals surface area contributed by atoms with Gasteiger partial charge in [-0.05, 0) is 30.3 Å². The molecule has 0 saturated heterocycles. The molecule has 2 aromatic carbocycles. The molecule has 24 heavy (non-hydrogen) atoms. The number of alkyl halides is 6. The second-order valence-corrected chi connectivity index (χ2v) is 5.59. The quantitative estimate of drug-likeness (QED) is 0.464. The van der Waals surface area contributed by atoms with Crippen molar-refractivity contribution in [2.45, 2.75) is 12.4 Å². The summed E-state index contributed by atoms with van der Waals surface area (Å²) in [7, 11) is 0. The first-order valence-corrected chi connectivity index (χ1v) is 6.94. The number of nitrogens with one attached hydrogen (secondary N) is 1. The van der Waals surface area contributed by atoms with Crippen molar-refractivity contribution in [1.82, 2.24) is 0 Å². The van der Waals surface area contributed by atoms with Gasteiger partial charge in [-0.2, -0.15) is 26.3 Å². The van der Waals surface area contributed by atoms with Crippen LogP contribution in [0.4, 0.5) is 43.4 Å². The highest BCUT2D eigenvalue weighted by Gasteiger charge is 2.37. The van der Waals surface area contributed by atoms with Crippen molar-refractivity contribution < 1.29 is 26.3 Å². The molecular weight excluding hydrogens is 381 g/mol. The minimum atomic E-state index is -4.95. The van der Waals surface area contributed by atoms with Crippen molar-refractivity contribution in [2.24, 2.45) is 0 Å². The molecule has 0 radical (unpaired) electrons. The van der Waals surface area contributed by atoms with E-state index in [-0.39, 0.29) is 27.5 Å². The number of nitrogens with two attached hydrogens (primary N) is 1. The standard InChI is InChI=1S/C14H8Cl2F6N2/c15-10-4-8(23)5-11(16)12(10)24-9-2-6(13(17,18)19)1-7(3-9)14(20,21)22/h1-5,24H,23H2. The third kappa shape index (κ3) is 4.18. The third-order valence-corrected chi connectivity index (χ3v) is 3.52. The van der Waals surface area contributed by atoms with Gasteiger partial charge in [-0.25, -0.2) is 0 Å². The first-order chi connectivity index (χ1) is 10.9. The van der Waals surface area contributed by atoms with E-state index in [1.165, 1.54) is 12.1 Å². The minimum Gasteiger partial charge on any atom is -0.399 e. The zero-order chi connectivity index (χ0) is 18.3. The van der Waals surface area contributed by atoms with E-state index in [1.807, 2.05) is 0 Å². The van der Waals surface area contributed by atoms with Gasteiger partial charge in [0.15, 0.2) is 0 Å². The maximum absolute atomic E-state index is 12.8. The zero-order valence-corrected chi connectivity index (χ0v) is 13.0. The summed E-state index contributed by atoms with van der Waals surface area (Å²) in [6.07, 6.45) is -9.90. The number of benzene rings is 2. The Labute approximate surface area is 142 Å². The Bertz CT molecular complexity index is 716. The fourth-order valence-corrected chi connectivity index (χ4v) is 2.48. The van der Waals surface area contributed by atoms with E-state index < -0.39 is 29.2 Å². The lowest BCUT2D eigenvalue weighted by Gasteiger charge is -2.16. The first-order valence-electron chi connectivity index (χ1n) is 6.19. The average molecular weight is 389 g/mol. The van der Waals surface area contributed by atoms with Gasteiger partial charge in [-0.15, -0.1) is 0 Å². The molecule has 0 spiro atoms. The topological polar surface area (TPSA) is 38.0 Å². The Balaban J connectivity index is 2.55. The van der Waals surface area contributed by atoms with Crippen LogP contribution < -0.4 is 11.1 Å². The van der Waals surface area contributed by atoms with Crippen LogP contribution in [0.25, 0.3) is 0 Å². The van der Waals surface area contributed by atoms with Crippen LogP contribution in [0.5, 0.6) is 0 Å². The molecule has 130 valence electrons. The molecule has 3 N–H and O–H groups in total. The van der Waals surface area contributed by atoms with E-state index in [2.05, 4.69) is 5.32 Å². The van der Waals surface area contributed by atoms with Gasteiger partial charge >= 0.3 is 12.4 Å². The van der Waals surface area contributed by atoms with Crippen molar-refractivity contribution in [1.29, 1.82) is 0 Å². The van der Waals surface area contributed by atoms with Gasteiger partial charge in [-0.1, -0.05) is 23.2 Å². The Morgan fingerprint density at radius 1 is 0.750 bits per heavy atom. The molecule has 0 amide bonds. The Morgan fingerprint density at radius 2 is 1.17 bits per heavy atom. The van der Waals surface area contributed by atoms with Gasteiger partial charge in [0, 0.05) is 11.4 Å². The second-order valence-electron chi connectivity index (χ2n) is 4.78. The van der Waals surface area contributed by atoms with Crippen LogP contribution in [-0.4, -0.2) is 0 Å².